The summed E-state index contributed by atoms with van der Waals surface area (Å²) in [6.07, 6.45) is -5.75. The zero-order valence-corrected chi connectivity index (χ0v) is 12.7. The van der Waals surface area contributed by atoms with Crippen LogP contribution < -0.4 is 4.74 Å². The summed E-state index contributed by atoms with van der Waals surface area (Å²) in [5.41, 5.74) is 0. The van der Waals surface area contributed by atoms with Crippen molar-refractivity contribution in [2.75, 3.05) is 13.7 Å². The first-order chi connectivity index (χ1) is 10.6. The highest BCUT2D eigenvalue weighted by molar-refractivity contribution is 7.79. The molecule has 0 aromatic heterocycles. The van der Waals surface area contributed by atoms with E-state index in [1.165, 1.54) is 7.11 Å². The van der Waals surface area contributed by atoms with Crippen LogP contribution in [0, 0.1) is 0 Å². The second kappa shape index (κ2) is 7.82. The van der Waals surface area contributed by atoms with Crippen molar-refractivity contribution in [2.45, 2.75) is 30.7 Å². The van der Waals surface area contributed by atoms with Crippen molar-refractivity contribution in [3.63, 3.8) is 0 Å². The van der Waals surface area contributed by atoms with E-state index in [4.69, 9.17) is 36.3 Å². The molecule has 122 valence electrons. The second-order valence-corrected chi connectivity index (χ2v) is 5.02. The molecule has 1 saturated heterocycles. The molecule has 2 rings (SSSR count). The van der Waals surface area contributed by atoms with Crippen molar-refractivity contribution in [1.82, 2.24) is 0 Å². The molecule has 1 aliphatic rings. The van der Waals surface area contributed by atoms with Gasteiger partial charge in [-0.25, -0.2) is 0 Å². The number of methoxy groups -OCH3 is 1. The number of thiocarbonyl (C=S) groups is 1. The van der Waals surface area contributed by atoms with Crippen LogP contribution in [0.5, 0.6) is 5.75 Å². The van der Waals surface area contributed by atoms with Crippen molar-refractivity contribution >= 4 is 17.5 Å². The summed E-state index contributed by atoms with van der Waals surface area (Å²) in [5.74, 6) is 0.474. The van der Waals surface area contributed by atoms with Crippen LogP contribution in [0.3, 0.4) is 0 Å². The van der Waals surface area contributed by atoms with E-state index in [0.29, 0.717) is 5.75 Å². The van der Waals surface area contributed by atoms with E-state index in [-0.39, 0.29) is 5.24 Å². The summed E-state index contributed by atoms with van der Waals surface area (Å²) in [6.45, 7) is -0.463. The highest BCUT2D eigenvalue weighted by Gasteiger charge is 2.46. The van der Waals surface area contributed by atoms with Crippen molar-refractivity contribution in [1.29, 1.82) is 0 Å². The van der Waals surface area contributed by atoms with Crippen molar-refractivity contribution in [3.05, 3.63) is 30.3 Å². The molecule has 1 aliphatic heterocycles. The van der Waals surface area contributed by atoms with Crippen LogP contribution >= 0.6 is 12.2 Å². The monoisotopic (exact) mass is 330 g/mol. The molecule has 0 unspecified atom stereocenters. The highest BCUT2D eigenvalue weighted by Crippen LogP contribution is 2.24. The Morgan fingerprint density at radius 3 is 2.50 bits per heavy atom. The van der Waals surface area contributed by atoms with Gasteiger partial charge in [0.1, 0.15) is 24.1 Å². The molecule has 1 aromatic carbocycles. The third-order valence-corrected chi connectivity index (χ3v) is 3.41. The molecule has 0 saturated carbocycles. The maximum absolute atomic E-state index is 10.1. The molecule has 0 aliphatic carbocycles. The standard InChI is InChI=1S/C14H18O7S/c1-18-13-12(11(17)10(16)9(7-15)20-13)21-14(22)19-8-5-3-2-4-6-8/h2-6,9-13,15-17H,7H2,1H3/t9-,10-,11+,12+,13+/m1/s1. The number of ether oxygens (including phenoxy) is 4. The van der Waals surface area contributed by atoms with Gasteiger partial charge in [-0.05, 0) is 12.1 Å². The second-order valence-electron chi connectivity index (χ2n) is 4.69. The maximum atomic E-state index is 10.1. The van der Waals surface area contributed by atoms with Gasteiger partial charge in [-0.15, -0.1) is 0 Å². The Balaban J connectivity index is 2.01. The van der Waals surface area contributed by atoms with E-state index >= 15 is 0 Å². The number of benzene rings is 1. The number of aliphatic hydroxyl groups is 3. The summed E-state index contributed by atoms with van der Waals surface area (Å²) >= 11 is 4.97. The Hall–Kier alpha value is -1.29. The maximum Gasteiger partial charge on any atom is 0.358 e. The number of hydrogen-bond donors (Lipinski definition) is 3. The Kier molecular flexibility index (Phi) is 6.07. The van der Waals surface area contributed by atoms with Gasteiger partial charge in [-0.3, -0.25) is 0 Å². The molecule has 8 heteroatoms. The molecule has 0 radical (unpaired) electrons. The minimum atomic E-state index is -1.35. The molecule has 0 amide bonds. The molecule has 1 heterocycles. The van der Waals surface area contributed by atoms with Crippen LogP contribution in [0.15, 0.2) is 30.3 Å². The van der Waals surface area contributed by atoms with Gasteiger partial charge in [-0.1, -0.05) is 18.2 Å². The van der Waals surface area contributed by atoms with Crippen molar-refractivity contribution in [2.24, 2.45) is 0 Å². The molecule has 1 aromatic rings. The first kappa shape index (κ1) is 17.1. The Morgan fingerprint density at radius 1 is 1.23 bits per heavy atom. The van der Waals surface area contributed by atoms with Gasteiger partial charge in [0.05, 0.1) is 6.61 Å². The lowest BCUT2D eigenvalue weighted by Crippen LogP contribution is -2.60. The minimum absolute atomic E-state index is 0.240. The first-order valence-corrected chi connectivity index (χ1v) is 7.06. The quantitative estimate of drug-likeness (QED) is 0.654. The third kappa shape index (κ3) is 3.92. The zero-order valence-electron chi connectivity index (χ0n) is 11.9. The predicted molar refractivity (Wildman–Crippen MR) is 79.3 cm³/mol. The van der Waals surface area contributed by atoms with Crippen LogP contribution in [-0.2, 0) is 14.2 Å². The summed E-state index contributed by atoms with van der Waals surface area (Å²) < 4.78 is 21.0. The zero-order chi connectivity index (χ0) is 16.1. The van der Waals surface area contributed by atoms with Gasteiger partial charge in [0.2, 0.25) is 0 Å². The molecule has 0 spiro atoms. The van der Waals surface area contributed by atoms with E-state index in [1.807, 2.05) is 6.07 Å². The molecule has 1 fully saturated rings. The fraction of sp³-hybridized carbons (Fsp3) is 0.500. The number of aliphatic hydroxyl groups excluding tert-OH is 3. The van der Waals surface area contributed by atoms with Crippen LogP contribution in [0.2, 0.25) is 0 Å². The molecule has 7 nitrogen and oxygen atoms in total. The van der Waals surface area contributed by atoms with Gasteiger partial charge < -0.3 is 34.3 Å². The minimum Gasteiger partial charge on any atom is -0.445 e. The number of rotatable bonds is 4. The molecular weight excluding hydrogens is 312 g/mol. The Morgan fingerprint density at radius 2 is 1.91 bits per heavy atom. The van der Waals surface area contributed by atoms with Crippen molar-refractivity contribution < 1.29 is 34.3 Å². The normalized spacial score (nSPS) is 31.5. The number of hydrogen-bond acceptors (Lipinski definition) is 8. The van der Waals surface area contributed by atoms with Crippen LogP contribution in [0.1, 0.15) is 0 Å². The number of para-hydroxylation sites is 1. The fourth-order valence-electron chi connectivity index (χ4n) is 2.09. The van der Waals surface area contributed by atoms with E-state index in [1.54, 1.807) is 24.3 Å². The summed E-state index contributed by atoms with van der Waals surface area (Å²) in [7, 11) is 1.35. The average Bonchev–Trinajstić information content (AvgIpc) is 2.53. The lowest BCUT2D eigenvalue weighted by Gasteiger charge is -2.40. The lowest BCUT2D eigenvalue weighted by molar-refractivity contribution is -0.292. The van der Waals surface area contributed by atoms with E-state index < -0.39 is 37.3 Å². The van der Waals surface area contributed by atoms with E-state index in [2.05, 4.69) is 0 Å². The Bertz CT molecular complexity index is 481. The predicted octanol–water partition coefficient (Wildman–Crippen LogP) is -0.179. The van der Waals surface area contributed by atoms with Crippen molar-refractivity contribution in [3.8, 4) is 5.75 Å². The molecule has 5 atom stereocenters. The summed E-state index contributed by atoms with van der Waals surface area (Å²) in [4.78, 5) is 0. The molecular formula is C14H18O7S. The van der Waals surface area contributed by atoms with Crippen LogP contribution in [0.4, 0.5) is 0 Å². The molecule has 22 heavy (non-hydrogen) atoms. The fourth-order valence-corrected chi connectivity index (χ4v) is 2.30. The topological polar surface area (TPSA) is 97.6 Å². The first-order valence-electron chi connectivity index (χ1n) is 6.65. The third-order valence-electron chi connectivity index (χ3n) is 3.23. The van der Waals surface area contributed by atoms with Crippen LogP contribution in [-0.4, -0.2) is 65.0 Å². The average molecular weight is 330 g/mol. The van der Waals surface area contributed by atoms with Gasteiger partial charge in [-0.2, -0.15) is 0 Å². The highest BCUT2D eigenvalue weighted by atomic mass is 32.1. The largest absolute Gasteiger partial charge is 0.445 e. The lowest BCUT2D eigenvalue weighted by atomic mass is 9.99. The summed E-state index contributed by atoms with van der Waals surface area (Å²) in [5, 5.41) is 28.8. The molecule has 0 bridgehead atoms. The SMILES string of the molecule is CO[C@H]1O[C@H](CO)[C@@H](O)[C@H](O)[C@@H]1OC(=S)Oc1ccccc1. The van der Waals surface area contributed by atoms with Crippen LogP contribution in [0.25, 0.3) is 0 Å². The van der Waals surface area contributed by atoms with Gasteiger partial charge in [0.15, 0.2) is 12.4 Å². The van der Waals surface area contributed by atoms with Gasteiger partial charge >= 0.3 is 5.24 Å². The van der Waals surface area contributed by atoms with E-state index in [9.17, 15) is 10.2 Å². The molecule has 3 N–H and O–H groups in total. The summed E-state index contributed by atoms with van der Waals surface area (Å²) in [6, 6.07) is 8.73. The van der Waals surface area contributed by atoms with Gasteiger partial charge in [0.25, 0.3) is 0 Å². The van der Waals surface area contributed by atoms with E-state index in [0.717, 1.165) is 0 Å². The van der Waals surface area contributed by atoms with Gasteiger partial charge in [0, 0.05) is 19.3 Å². The smallest absolute Gasteiger partial charge is 0.358 e. The Labute approximate surface area is 133 Å².